The van der Waals surface area contributed by atoms with E-state index in [0.29, 0.717) is 0 Å². The molecule has 0 radical (unpaired) electrons. The van der Waals surface area contributed by atoms with E-state index >= 15 is 0 Å². The van der Waals surface area contributed by atoms with Crippen molar-refractivity contribution in [2.45, 2.75) is 13.8 Å². The van der Waals surface area contributed by atoms with Crippen molar-refractivity contribution in [2.24, 2.45) is 0 Å². The minimum absolute atomic E-state index is 0.260. The first-order chi connectivity index (χ1) is 8.98. The summed E-state index contributed by atoms with van der Waals surface area (Å²) in [6.07, 6.45) is 0. The third-order valence-electron chi connectivity index (χ3n) is 2.57. The summed E-state index contributed by atoms with van der Waals surface area (Å²) in [6.45, 7) is 3.53. The van der Waals surface area contributed by atoms with Gasteiger partial charge in [0.2, 0.25) is 0 Å². The number of hydrogen-bond donors (Lipinski definition) is 0. The van der Waals surface area contributed by atoms with Crippen molar-refractivity contribution >= 4 is 10.4 Å². The van der Waals surface area contributed by atoms with Crippen molar-refractivity contribution in [3.05, 3.63) is 59.7 Å². The molecule has 0 aliphatic heterocycles. The molecular formula is C14H14O4S. The van der Waals surface area contributed by atoms with Crippen LogP contribution in [-0.4, -0.2) is 8.42 Å². The van der Waals surface area contributed by atoms with Crippen LogP contribution in [0.3, 0.4) is 0 Å². The standard InChI is InChI=1S/C14H14O4S/c1-11-7-3-5-9-13(11)17-19(15,16)18-14-10-6-4-8-12(14)2/h3-10H,1-2H3. The molecule has 0 heterocycles. The Hall–Kier alpha value is -2.01. The van der Waals surface area contributed by atoms with Crippen LogP contribution in [0.25, 0.3) is 0 Å². The quantitative estimate of drug-likeness (QED) is 0.862. The lowest BCUT2D eigenvalue weighted by molar-refractivity contribution is 0.390. The molecule has 0 amide bonds. The first-order valence-corrected chi connectivity index (χ1v) is 7.06. The zero-order chi connectivity index (χ0) is 13.9. The van der Waals surface area contributed by atoms with Gasteiger partial charge >= 0.3 is 10.4 Å². The Kier molecular flexibility index (Phi) is 3.76. The van der Waals surface area contributed by atoms with Gasteiger partial charge in [-0.1, -0.05) is 36.4 Å². The van der Waals surface area contributed by atoms with E-state index in [1.807, 2.05) is 0 Å². The highest BCUT2D eigenvalue weighted by Gasteiger charge is 2.17. The fourth-order valence-electron chi connectivity index (χ4n) is 1.54. The summed E-state index contributed by atoms with van der Waals surface area (Å²) < 4.78 is 33.5. The van der Waals surface area contributed by atoms with Gasteiger partial charge < -0.3 is 8.37 Å². The maximum Gasteiger partial charge on any atom is 0.501 e. The average Bonchev–Trinajstić information content (AvgIpc) is 2.35. The van der Waals surface area contributed by atoms with Gasteiger partial charge in [0, 0.05) is 0 Å². The van der Waals surface area contributed by atoms with E-state index in [1.54, 1.807) is 62.4 Å². The summed E-state index contributed by atoms with van der Waals surface area (Å²) in [4.78, 5) is 0. The van der Waals surface area contributed by atoms with Gasteiger partial charge in [0.05, 0.1) is 0 Å². The Morgan fingerprint density at radius 2 is 1.11 bits per heavy atom. The van der Waals surface area contributed by atoms with Gasteiger partial charge in [-0.05, 0) is 37.1 Å². The van der Waals surface area contributed by atoms with Crippen LogP contribution in [0.5, 0.6) is 11.5 Å². The summed E-state index contributed by atoms with van der Waals surface area (Å²) >= 11 is 0. The molecule has 0 aliphatic rings. The van der Waals surface area contributed by atoms with E-state index in [4.69, 9.17) is 8.37 Å². The Morgan fingerprint density at radius 3 is 1.47 bits per heavy atom. The predicted molar refractivity (Wildman–Crippen MR) is 72.5 cm³/mol. The van der Waals surface area contributed by atoms with E-state index in [0.717, 1.165) is 11.1 Å². The zero-order valence-electron chi connectivity index (χ0n) is 10.7. The molecule has 0 saturated carbocycles. The third kappa shape index (κ3) is 3.48. The Labute approximate surface area is 112 Å². The van der Waals surface area contributed by atoms with E-state index in [2.05, 4.69) is 0 Å². The summed E-state index contributed by atoms with van der Waals surface area (Å²) in [6, 6.07) is 13.7. The first-order valence-electron chi connectivity index (χ1n) is 5.73. The summed E-state index contributed by atoms with van der Waals surface area (Å²) in [5, 5.41) is 0. The molecule has 0 bridgehead atoms. The molecule has 2 aromatic carbocycles. The van der Waals surface area contributed by atoms with E-state index in [-0.39, 0.29) is 11.5 Å². The lowest BCUT2D eigenvalue weighted by Gasteiger charge is -2.10. The van der Waals surface area contributed by atoms with Gasteiger partial charge in [0.1, 0.15) is 11.5 Å². The molecule has 19 heavy (non-hydrogen) atoms. The van der Waals surface area contributed by atoms with Crippen molar-refractivity contribution in [1.29, 1.82) is 0 Å². The lowest BCUT2D eigenvalue weighted by atomic mass is 10.2. The molecule has 4 nitrogen and oxygen atoms in total. The maximum absolute atomic E-state index is 11.8. The van der Waals surface area contributed by atoms with Crippen LogP contribution in [0.1, 0.15) is 11.1 Å². The normalized spacial score (nSPS) is 11.1. The second-order valence-corrected chi connectivity index (χ2v) is 5.26. The molecule has 2 aromatic rings. The van der Waals surface area contributed by atoms with Crippen LogP contribution in [-0.2, 0) is 10.4 Å². The van der Waals surface area contributed by atoms with Crippen molar-refractivity contribution in [3.8, 4) is 11.5 Å². The molecule has 0 fully saturated rings. The molecule has 0 saturated heterocycles. The maximum atomic E-state index is 11.8. The molecule has 100 valence electrons. The minimum Gasteiger partial charge on any atom is -0.353 e. The van der Waals surface area contributed by atoms with E-state index < -0.39 is 10.4 Å². The molecular weight excluding hydrogens is 264 g/mol. The van der Waals surface area contributed by atoms with Crippen molar-refractivity contribution < 1.29 is 16.8 Å². The SMILES string of the molecule is Cc1ccccc1OS(=O)(=O)Oc1ccccc1C. The topological polar surface area (TPSA) is 52.6 Å². The Balaban J connectivity index is 2.21. The second kappa shape index (κ2) is 5.32. The number of benzene rings is 2. The van der Waals surface area contributed by atoms with Gasteiger partial charge in [-0.15, -0.1) is 8.42 Å². The van der Waals surface area contributed by atoms with Gasteiger partial charge in [-0.25, -0.2) is 0 Å². The second-order valence-electron chi connectivity index (χ2n) is 4.11. The number of hydrogen-bond acceptors (Lipinski definition) is 4. The zero-order valence-corrected chi connectivity index (χ0v) is 11.5. The van der Waals surface area contributed by atoms with Crippen molar-refractivity contribution in [2.75, 3.05) is 0 Å². The van der Waals surface area contributed by atoms with Gasteiger partial charge in [-0.3, -0.25) is 0 Å². The van der Waals surface area contributed by atoms with Gasteiger partial charge in [-0.2, -0.15) is 0 Å². The summed E-state index contributed by atoms with van der Waals surface area (Å²) in [5.74, 6) is 0.521. The molecule has 0 atom stereocenters. The fraction of sp³-hybridized carbons (Fsp3) is 0.143. The molecule has 0 spiro atoms. The largest absolute Gasteiger partial charge is 0.501 e. The van der Waals surface area contributed by atoms with Crippen LogP contribution >= 0.6 is 0 Å². The smallest absolute Gasteiger partial charge is 0.353 e. The molecule has 0 aliphatic carbocycles. The number of rotatable bonds is 4. The Morgan fingerprint density at radius 1 is 0.737 bits per heavy atom. The highest BCUT2D eigenvalue weighted by atomic mass is 32.3. The summed E-state index contributed by atoms with van der Waals surface area (Å²) in [5.41, 5.74) is 1.44. The van der Waals surface area contributed by atoms with Crippen LogP contribution in [0.2, 0.25) is 0 Å². The lowest BCUT2D eigenvalue weighted by Crippen LogP contribution is -2.17. The van der Waals surface area contributed by atoms with Crippen LogP contribution < -0.4 is 8.37 Å². The third-order valence-corrected chi connectivity index (χ3v) is 3.34. The highest BCUT2D eigenvalue weighted by Crippen LogP contribution is 2.22. The minimum atomic E-state index is -4.13. The number of para-hydroxylation sites is 2. The molecule has 0 aromatic heterocycles. The van der Waals surface area contributed by atoms with Crippen LogP contribution in [0.15, 0.2) is 48.5 Å². The van der Waals surface area contributed by atoms with Crippen molar-refractivity contribution in [3.63, 3.8) is 0 Å². The molecule has 0 N–H and O–H groups in total. The highest BCUT2D eigenvalue weighted by molar-refractivity contribution is 7.82. The van der Waals surface area contributed by atoms with Crippen LogP contribution in [0, 0.1) is 13.8 Å². The first kappa shape index (κ1) is 13.4. The molecule has 0 unspecified atom stereocenters. The van der Waals surface area contributed by atoms with E-state index in [9.17, 15) is 8.42 Å². The molecule has 5 heteroatoms. The monoisotopic (exact) mass is 278 g/mol. The predicted octanol–water partition coefficient (Wildman–Crippen LogP) is 3.01. The Bertz CT molecular complexity index is 624. The molecule has 2 rings (SSSR count). The van der Waals surface area contributed by atoms with Gasteiger partial charge in [0.15, 0.2) is 0 Å². The summed E-state index contributed by atoms with van der Waals surface area (Å²) in [7, 11) is -4.13. The van der Waals surface area contributed by atoms with Gasteiger partial charge in [0.25, 0.3) is 0 Å². The average molecular weight is 278 g/mol. The fourth-order valence-corrected chi connectivity index (χ4v) is 2.38. The van der Waals surface area contributed by atoms with Crippen LogP contribution in [0.4, 0.5) is 0 Å². The van der Waals surface area contributed by atoms with E-state index in [1.165, 1.54) is 0 Å². The number of aryl methyl sites for hydroxylation is 2. The van der Waals surface area contributed by atoms with Crippen molar-refractivity contribution in [1.82, 2.24) is 0 Å².